The molecule has 9 heavy (non-hydrogen) atoms. The van der Waals surface area contributed by atoms with Crippen molar-refractivity contribution in [1.29, 1.82) is 0 Å². The third-order valence-electron chi connectivity index (χ3n) is 1.02. The maximum atomic E-state index is 5.75. The second-order valence-electron chi connectivity index (χ2n) is 2.51. The Balaban J connectivity index is 3.15. The molecule has 1 unspecified atom stereocenters. The lowest BCUT2D eigenvalue weighted by Crippen LogP contribution is -2.16. The lowest BCUT2D eigenvalue weighted by atomic mass is 10.3. The number of hydrogen-bond acceptors (Lipinski definition) is 2. The van der Waals surface area contributed by atoms with Gasteiger partial charge in [-0.05, 0) is 6.42 Å². The van der Waals surface area contributed by atoms with Crippen molar-refractivity contribution in [2.75, 3.05) is 0 Å². The van der Waals surface area contributed by atoms with Crippen molar-refractivity contribution in [1.82, 2.24) is 0 Å². The summed E-state index contributed by atoms with van der Waals surface area (Å²) in [4.78, 5) is 0. The molecule has 2 heteroatoms. The van der Waals surface area contributed by atoms with E-state index < -0.39 is 0 Å². The molecule has 0 aliphatic rings. The van der Waals surface area contributed by atoms with Gasteiger partial charge < -0.3 is 5.73 Å². The quantitative estimate of drug-likeness (QED) is 0.617. The van der Waals surface area contributed by atoms with Crippen LogP contribution < -0.4 is 5.73 Å². The minimum Gasteiger partial charge on any atom is -0.319 e. The molecule has 0 amide bonds. The van der Waals surface area contributed by atoms with Gasteiger partial charge in [-0.15, -0.1) is 11.8 Å². The van der Waals surface area contributed by atoms with E-state index in [-0.39, 0.29) is 0 Å². The normalized spacial score (nSPS) is 14.3. The Morgan fingerprint density at radius 3 is 2.33 bits per heavy atom. The van der Waals surface area contributed by atoms with Crippen molar-refractivity contribution in [2.45, 2.75) is 44.2 Å². The van der Waals surface area contributed by atoms with Crippen molar-refractivity contribution in [3.63, 3.8) is 0 Å². The minimum absolute atomic E-state index is 0.356. The summed E-state index contributed by atoms with van der Waals surface area (Å²) in [5.41, 5.74) is 5.75. The van der Waals surface area contributed by atoms with E-state index in [4.69, 9.17) is 5.73 Å². The summed E-state index contributed by atoms with van der Waals surface area (Å²) >= 11 is 1.86. The topological polar surface area (TPSA) is 26.0 Å². The van der Waals surface area contributed by atoms with Crippen LogP contribution in [-0.4, -0.2) is 10.6 Å². The van der Waals surface area contributed by atoms with Gasteiger partial charge in [0.1, 0.15) is 0 Å². The Hall–Kier alpha value is 0.310. The highest BCUT2D eigenvalue weighted by molar-refractivity contribution is 8.00. The average Bonchev–Trinajstić information content (AvgIpc) is 1.63. The van der Waals surface area contributed by atoms with Crippen LogP contribution in [-0.2, 0) is 0 Å². The fourth-order valence-corrected chi connectivity index (χ4v) is 1.77. The molecule has 1 nitrogen and oxygen atoms in total. The lowest BCUT2D eigenvalue weighted by Gasteiger charge is -2.11. The van der Waals surface area contributed by atoms with Crippen LogP contribution in [0.2, 0.25) is 0 Å². The Labute approximate surface area is 62.4 Å². The summed E-state index contributed by atoms with van der Waals surface area (Å²) < 4.78 is 0. The van der Waals surface area contributed by atoms with Crippen LogP contribution >= 0.6 is 11.8 Å². The van der Waals surface area contributed by atoms with Crippen molar-refractivity contribution in [3.8, 4) is 0 Å². The van der Waals surface area contributed by atoms with Crippen molar-refractivity contribution in [3.05, 3.63) is 0 Å². The second kappa shape index (κ2) is 5.12. The summed E-state index contributed by atoms with van der Waals surface area (Å²) in [6.07, 6.45) is 2.34. The van der Waals surface area contributed by atoms with Gasteiger partial charge in [0.2, 0.25) is 0 Å². The molecular weight excluding hydrogens is 130 g/mol. The van der Waals surface area contributed by atoms with Gasteiger partial charge in [-0.2, -0.15) is 0 Å². The first kappa shape index (κ1) is 9.31. The summed E-state index contributed by atoms with van der Waals surface area (Å²) in [6, 6.07) is 0. The zero-order valence-corrected chi connectivity index (χ0v) is 7.37. The van der Waals surface area contributed by atoms with Gasteiger partial charge in [0.15, 0.2) is 0 Å². The second-order valence-corrected chi connectivity index (χ2v) is 4.33. The van der Waals surface area contributed by atoms with E-state index in [2.05, 4.69) is 20.8 Å². The van der Waals surface area contributed by atoms with Gasteiger partial charge in [0.05, 0.1) is 5.37 Å². The third-order valence-corrected chi connectivity index (χ3v) is 2.15. The van der Waals surface area contributed by atoms with E-state index in [1.807, 2.05) is 11.8 Å². The van der Waals surface area contributed by atoms with Crippen LogP contribution in [0, 0.1) is 0 Å². The Bertz CT molecular complexity index is 63.9. The van der Waals surface area contributed by atoms with Crippen LogP contribution in [0.4, 0.5) is 0 Å². The van der Waals surface area contributed by atoms with Crippen LogP contribution in [0.1, 0.15) is 33.6 Å². The van der Waals surface area contributed by atoms with Gasteiger partial charge in [-0.1, -0.05) is 27.2 Å². The summed E-state index contributed by atoms with van der Waals surface area (Å²) in [5, 5.41) is 1.03. The van der Waals surface area contributed by atoms with Crippen LogP contribution in [0.15, 0.2) is 0 Å². The number of nitrogens with two attached hydrogens (primary N) is 1. The van der Waals surface area contributed by atoms with Crippen molar-refractivity contribution in [2.24, 2.45) is 5.73 Å². The van der Waals surface area contributed by atoms with E-state index in [9.17, 15) is 0 Å². The molecule has 0 spiro atoms. The first-order chi connectivity index (χ1) is 4.16. The number of hydrogen-bond donors (Lipinski definition) is 1. The molecule has 0 saturated carbocycles. The fraction of sp³-hybridized carbons (Fsp3) is 1.00. The largest absolute Gasteiger partial charge is 0.319 e. The molecule has 0 aromatic heterocycles. The van der Waals surface area contributed by atoms with E-state index >= 15 is 0 Å². The molecule has 0 rings (SSSR count). The zero-order chi connectivity index (χ0) is 7.28. The van der Waals surface area contributed by atoms with E-state index in [1.165, 1.54) is 6.42 Å². The molecular formula is C7H17NS. The highest BCUT2D eigenvalue weighted by Crippen LogP contribution is 2.16. The van der Waals surface area contributed by atoms with Gasteiger partial charge in [-0.3, -0.25) is 0 Å². The summed E-state index contributed by atoms with van der Waals surface area (Å²) in [7, 11) is 0. The maximum Gasteiger partial charge on any atom is 0.0509 e. The summed E-state index contributed by atoms with van der Waals surface area (Å²) in [5.74, 6) is 0. The van der Waals surface area contributed by atoms with Gasteiger partial charge >= 0.3 is 0 Å². The number of thioether (sulfide) groups is 1. The van der Waals surface area contributed by atoms with Crippen molar-refractivity contribution < 1.29 is 0 Å². The smallest absolute Gasteiger partial charge is 0.0509 e. The molecule has 1 atom stereocenters. The first-order valence-electron chi connectivity index (χ1n) is 3.57. The molecule has 56 valence electrons. The molecule has 0 aromatic carbocycles. The first-order valence-corrected chi connectivity index (χ1v) is 4.52. The number of rotatable bonds is 4. The molecule has 0 bridgehead atoms. The van der Waals surface area contributed by atoms with Crippen molar-refractivity contribution >= 4 is 11.8 Å². The SMILES string of the molecule is CCCC(N)SC(C)C. The Morgan fingerprint density at radius 1 is 1.44 bits per heavy atom. The summed E-state index contributed by atoms with van der Waals surface area (Å²) in [6.45, 7) is 6.53. The molecule has 0 fully saturated rings. The highest BCUT2D eigenvalue weighted by atomic mass is 32.2. The Morgan fingerprint density at radius 2 is 2.00 bits per heavy atom. The standard InChI is InChI=1S/C7H17NS/c1-4-5-7(8)9-6(2)3/h6-7H,4-5,8H2,1-3H3. The van der Waals surface area contributed by atoms with Crippen LogP contribution in [0.5, 0.6) is 0 Å². The van der Waals surface area contributed by atoms with E-state index in [0.717, 1.165) is 6.42 Å². The van der Waals surface area contributed by atoms with Crippen LogP contribution in [0.25, 0.3) is 0 Å². The molecule has 0 heterocycles. The predicted octanol–water partition coefficient (Wildman–Crippen LogP) is 2.21. The predicted molar refractivity (Wildman–Crippen MR) is 45.6 cm³/mol. The highest BCUT2D eigenvalue weighted by Gasteiger charge is 2.02. The molecule has 0 aromatic rings. The average molecular weight is 147 g/mol. The minimum atomic E-state index is 0.356. The molecule has 0 aliphatic heterocycles. The van der Waals surface area contributed by atoms with Gasteiger partial charge in [0, 0.05) is 5.25 Å². The fourth-order valence-electron chi connectivity index (χ4n) is 0.702. The van der Waals surface area contributed by atoms with Crippen LogP contribution in [0.3, 0.4) is 0 Å². The maximum absolute atomic E-state index is 5.75. The molecule has 2 N–H and O–H groups in total. The molecule has 0 radical (unpaired) electrons. The zero-order valence-electron chi connectivity index (χ0n) is 6.55. The Kier molecular flexibility index (Phi) is 5.30. The van der Waals surface area contributed by atoms with Gasteiger partial charge in [-0.25, -0.2) is 0 Å². The lowest BCUT2D eigenvalue weighted by molar-refractivity contribution is 0.761. The van der Waals surface area contributed by atoms with E-state index in [0.29, 0.717) is 10.6 Å². The monoisotopic (exact) mass is 147 g/mol. The molecule has 0 saturated heterocycles. The third kappa shape index (κ3) is 6.19. The molecule has 0 aliphatic carbocycles. The van der Waals surface area contributed by atoms with E-state index in [1.54, 1.807) is 0 Å². The van der Waals surface area contributed by atoms with Gasteiger partial charge in [0.25, 0.3) is 0 Å².